The van der Waals surface area contributed by atoms with Crippen LogP contribution in [0.4, 0.5) is 8.78 Å². The molecule has 0 saturated heterocycles. The molecule has 2 heterocycles. The maximum atomic E-state index is 15.6. The molecule has 0 amide bonds. The van der Waals surface area contributed by atoms with Gasteiger partial charge in [-0.2, -0.15) is 0 Å². The molecule has 1 atom stereocenters. The van der Waals surface area contributed by atoms with Gasteiger partial charge < -0.3 is 19.1 Å². The van der Waals surface area contributed by atoms with Gasteiger partial charge in [-0.25, -0.2) is 23.5 Å². The fourth-order valence-electron chi connectivity index (χ4n) is 5.44. The van der Waals surface area contributed by atoms with Crippen molar-refractivity contribution in [2.45, 2.75) is 38.8 Å². The number of carboxylic acid groups (broad SMARTS) is 1. The fraction of sp³-hybridized carbons (Fsp3) is 0.265. The van der Waals surface area contributed by atoms with Crippen molar-refractivity contribution in [3.05, 3.63) is 113 Å². The van der Waals surface area contributed by atoms with E-state index >= 15 is 4.39 Å². The third kappa shape index (κ3) is 6.12. The number of fused-ring (bicyclic) bond motifs is 1. The fourth-order valence-corrected chi connectivity index (χ4v) is 5.44. The Balaban J connectivity index is 1.27. The third-order valence-corrected chi connectivity index (χ3v) is 7.85. The number of aryl methyl sites for hydroxylation is 1. The zero-order chi connectivity index (χ0) is 30.1. The van der Waals surface area contributed by atoms with Crippen LogP contribution in [-0.4, -0.2) is 39.3 Å². The van der Waals surface area contributed by atoms with Gasteiger partial charge in [0.05, 0.1) is 34.9 Å². The van der Waals surface area contributed by atoms with Crippen molar-refractivity contribution < 1.29 is 28.2 Å². The van der Waals surface area contributed by atoms with E-state index in [0.29, 0.717) is 57.6 Å². The van der Waals surface area contributed by atoms with Crippen LogP contribution in [0.5, 0.6) is 5.88 Å². The number of ether oxygens (including phenoxy) is 2. The van der Waals surface area contributed by atoms with Crippen LogP contribution in [0.25, 0.3) is 22.3 Å². The summed E-state index contributed by atoms with van der Waals surface area (Å²) in [6, 6.07) is 19.9. The molecule has 1 N–H and O–H groups in total. The van der Waals surface area contributed by atoms with Crippen molar-refractivity contribution in [1.29, 1.82) is 0 Å². The largest absolute Gasteiger partial charge is 0.478 e. The quantitative estimate of drug-likeness (QED) is 0.178. The predicted octanol–water partition coefficient (Wildman–Crippen LogP) is 7.15. The molecule has 3 aromatic carbocycles. The van der Waals surface area contributed by atoms with E-state index in [1.807, 2.05) is 17.6 Å². The van der Waals surface area contributed by atoms with Gasteiger partial charge in [-0.3, -0.25) is 0 Å². The highest BCUT2D eigenvalue weighted by Crippen LogP contribution is 2.42. The van der Waals surface area contributed by atoms with Gasteiger partial charge in [0.2, 0.25) is 5.88 Å². The first-order chi connectivity index (χ1) is 20.8. The molecule has 0 radical (unpaired) electrons. The molecule has 1 fully saturated rings. The lowest BCUT2D eigenvalue weighted by molar-refractivity contribution is 0.0697. The predicted molar refractivity (Wildman–Crippen MR) is 158 cm³/mol. The summed E-state index contributed by atoms with van der Waals surface area (Å²) in [6.07, 6.45) is 2.31. The standard InChI is InChI=1S/C34H31F2N3O4/c1-20-6-7-25(26(35)14-20)18-43-33-5-3-4-28(38-33)23-11-10-22(27(36)15-23)17-32-37-29-13-12-24(34(40)41)16-30(29)39(32)31(19-42-2)21-8-9-21/h3-7,10-16,21,31H,8-9,17-19H2,1-2H3,(H,40,41). The van der Waals surface area contributed by atoms with Gasteiger partial charge in [0.25, 0.3) is 0 Å². The molecule has 7 nitrogen and oxygen atoms in total. The number of rotatable bonds is 11. The molecule has 1 aliphatic carbocycles. The normalized spacial score (nSPS) is 13.8. The first-order valence-electron chi connectivity index (χ1n) is 14.2. The number of aromatic carboxylic acids is 1. The van der Waals surface area contributed by atoms with Crippen molar-refractivity contribution in [3.63, 3.8) is 0 Å². The number of methoxy groups -OCH3 is 1. The van der Waals surface area contributed by atoms with Gasteiger partial charge >= 0.3 is 5.97 Å². The number of imidazole rings is 1. The van der Waals surface area contributed by atoms with E-state index in [2.05, 4.69) is 4.98 Å². The van der Waals surface area contributed by atoms with E-state index in [-0.39, 0.29) is 30.5 Å². The number of benzene rings is 3. The minimum Gasteiger partial charge on any atom is -0.478 e. The highest BCUT2D eigenvalue weighted by atomic mass is 19.1. The monoisotopic (exact) mass is 583 g/mol. The lowest BCUT2D eigenvalue weighted by Gasteiger charge is -2.21. The molecule has 2 aromatic heterocycles. The Kier molecular flexibility index (Phi) is 7.90. The molecule has 0 aliphatic heterocycles. The molecular formula is C34H31F2N3O4. The number of carbonyl (C=O) groups is 1. The molecule has 6 rings (SSSR count). The second-order valence-electron chi connectivity index (χ2n) is 11.0. The van der Waals surface area contributed by atoms with Crippen molar-refractivity contribution in [1.82, 2.24) is 14.5 Å². The number of aromatic nitrogens is 3. The van der Waals surface area contributed by atoms with Crippen LogP contribution in [0.15, 0.2) is 72.8 Å². The van der Waals surface area contributed by atoms with Crippen molar-refractivity contribution in [3.8, 4) is 17.1 Å². The zero-order valence-electron chi connectivity index (χ0n) is 23.9. The summed E-state index contributed by atoms with van der Waals surface area (Å²) in [4.78, 5) is 21.0. The minimum atomic E-state index is -1.02. The summed E-state index contributed by atoms with van der Waals surface area (Å²) in [7, 11) is 1.64. The molecule has 0 spiro atoms. The van der Waals surface area contributed by atoms with Gasteiger partial charge in [-0.05, 0) is 73.2 Å². The second kappa shape index (κ2) is 11.9. The molecule has 9 heteroatoms. The van der Waals surface area contributed by atoms with Gasteiger partial charge in [0.15, 0.2) is 0 Å². The molecule has 1 saturated carbocycles. The summed E-state index contributed by atoms with van der Waals surface area (Å²) >= 11 is 0. The summed E-state index contributed by atoms with van der Waals surface area (Å²) < 4.78 is 43.1. The lowest BCUT2D eigenvalue weighted by Crippen LogP contribution is -2.19. The highest BCUT2D eigenvalue weighted by molar-refractivity contribution is 5.92. The van der Waals surface area contributed by atoms with Crippen LogP contribution < -0.4 is 4.74 Å². The zero-order valence-corrected chi connectivity index (χ0v) is 23.9. The highest BCUT2D eigenvalue weighted by Gasteiger charge is 2.35. The van der Waals surface area contributed by atoms with Crippen LogP contribution >= 0.6 is 0 Å². The van der Waals surface area contributed by atoms with E-state index in [4.69, 9.17) is 14.5 Å². The Labute approximate surface area is 247 Å². The number of nitrogens with zero attached hydrogens (tertiary/aromatic N) is 3. The smallest absolute Gasteiger partial charge is 0.335 e. The summed E-state index contributed by atoms with van der Waals surface area (Å²) in [5.41, 5.74) is 4.33. The SMILES string of the molecule is COCC(C1CC1)n1c(Cc2ccc(-c3cccc(OCc4ccc(C)cc4F)n3)cc2F)nc2ccc(C(=O)O)cc21. The van der Waals surface area contributed by atoms with Crippen LogP contribution in [0.1, 0.15) is 51.8 Å². The van der Waals surface area contributed by atoms with Crippen LogP contribution in [-0.2, 0) is 17.8 Å². The van der Waals surface area contributed by atoms with E-state index in [9.17, 15) is 14.3 Å². The summed E-state index contributed by atoms with van der Waals surface area (Å²) in [5, 5.41) is 9.58. The number of hydrogen-bond acceptors (Lipinski definition) is 5. The number of pyridine rings is 1. The average Bonchev–Trinajstić information content (AvgIpc) is 3.77. The lowest BCUT2D eigenvalue weighted by atomic mass is 10.0. The molecule has 43 heavy (non-hydrogen) atoms. The Hall–Kier alpha value is -4.63. The summed E-state index contributed by atoms with van der Waals surface area (Å²) in [6.45, 7) is 2.29. The van der Waals surface area contributed by atoms with Crippen LogP contribution in [0.3, 0.4) is 0 Å². The van der Waals surface area contributed by atoms with E-state index in [0.717, 1.165) is 18.4 Å². The van der Waals surface area contributed by atoms with Crippen molar-refractivity contribution in [2.75, 3.05) is 13.7 Å². The van der Waals surface area contributed by atoms with Crippen molar-refractivity contribution in [2.24, 2.45) is 5.92 Å². The van der Waals surface area contributed by atoms with Crippen molar-refractivity contribution >= 4 is 17.0 Å². The Bertz CT molecular complexity index is 1820. The molecule has 0 bridgehead atoms. The number of halogens is 2. The topological polar surface area (TPSA) is 86.5 Å². The van der Waals surface area contributed by atoms with E-state index < -0.39 is 11.8 Å². The second-order valence-corrected chi connectivity index (χ2v) is 11.0. The Morgan fingerprint density at radius 3 is 2.51 bits per heavy atom. The molecule has 1 unspecified atom stereocenters. The van der Waals surface area contributed by atoms with E-state index in [1.54, 1.807) is 55.6 Å². The van der Waals surface area contributed by atoms with Gasteiger partial charge in [0, 0.05) is 30.7 Å². The van der Waals surface area contributed by atoms with Crippen LogP contribution in [0, 0.1) is 24.5 Å². The van der Waals surface area contributed by atoms with E-state index in [1.165, 1.54) is 18.2 Å². The number of carboxylic acids is 1. The molecule has 220 valence electrons. The maximum Gasteiger partial charge on any atom is 0.335 e. The third-order valence-electron chi connectivity index (χ3n) is 7.85. The molecule has 5 aromatic rings. The summed E-state index contributed by atoms with van der Waals surface area (Å²) in [5.74, 6) is -0.421. The van der Waals surface area contributed by atoms with Crippen LogP contribution in [0.2, 0.25) is 0 Å². The first kappa shape index (κ1) is 28.5. The van der Waals surface area contributed by atoms with Gasteiger partial charge in [-0.15, -0.1) is 0 Å². The Morgan fingerprint density at radius 2 is 1.79 bits per heavy atom. The Morgan fingerprint density at radius 1 is 1.00 bits per heavy atom. The maximum absolute atomic E-state index is 15.6. The van der Waals surface area contributed by atoms with Gasteiger partial charge in [0.1, 0.15) is 24.1 Å². The first-order valence-corrected chi connectivity index (χ1v) is 14.2. The molecule has 1 aliphatic rings. The average molecular weight is 584 g/mol. The van der Waals surface area contributed by atoms with Gasteiger partial charge in [-0.1, -0.05) is 30.3 Å². The number of hydrogen-bond donors (Lipinski definition) is 1. The molecular weight excluding hydrogens is 552 g/mol. The minimum absolute atomic E-state index is 0.0236.